The van der Waals surface area contributed by atoms with Crippen molar-refractivity contribution in [1.82, 2.24) is 9.55 Å². The second-order valence-electron chi connectivity index (χ2n) is 6.20. The van der Waals surface area contributed by atoms with Crippen LogP contribution in [0.1, 0.15) is 5.56 Å². The van der Waals surface area contributed by atoms with Crippen molar-refractivity contribution in [3.8, 4) is 17.1 Å². The van der Waals surface area contributed by atoms with Gasteiger partial charge < -0.3 is 9.30 Å². The topological polar surface area (TPSA) is 27.1 Å². The predicted molar refractivity (Wildman–Crippen MR) is 107 cm³/mol. The Morgan fingerprint density at radius 2 is 1.77 bits per heavy atom. The lowest BCUT2D eigenvalue weighted by Crippen LogP contribution is -2.10. The van der Waals surface area contributed by atoms with Crippen molar-refractivity contribution in [1.29, 1.82) is 0 Å². The van der Waals surface area contributed by atoms with E-state index in [0.717, 1.165) is 33.7 Å². The van der Waals surface area contributed by atoms with Gasteiger partial charge in [-0.25, -0.2) is 4.98 Å². The monoisotopic (exact) mass is 362 g/mol. The molecule has 0 saturated heterocycles. The molecule has 0 atom stereocenters. The molecule has 0 unspecified atom stereocenters. The largest absolute Gasteiger partial charge is 0.491 e. The first-order valence-corrected chi connectivity index (χ1v) is 9.00. The van der Waals surface area contributed by atoms with E-state index in [2.05, 4.69) is 23.6 Å². The summed E-state index contributed by atoms with van der Waals surface area (Å²) < 4.78 is 8.19. The van der Waals surface area contributed by atoms with Crippen LogP contribution in [0.4, 0.5) is 0 Å². The molecule has 1 aromatic heterocycles. The van der Waals surface area contributed by atoms with E-state index >= 15 is 0 Å². The fourth-order valence-electron chi connectivity index (χ4n) is 3.12. The zero-order valence-electron chi connectivity index (χ0n) is 14.5. The molecule has 0 aliphatic heterocycles. The zero-order chi connectivity index (χ0) is 17.9. The van der Waals surface area contributed by atoms with Gasteiger partial charge in [-0.1, -0.05) is 54.1 Å². The summed E-state index contributed by atoms with van der Waals surface area (Å²) in [7, 11) is 0. The molecule has 0 saturated carbocycles. The molecule has 130 valence electrons. The van der Waals surface area contributed by atoms with Crippen molar-refractivity contribution >= 4 is 22.6 Å². The lowest BCUT2D eigenvalue weighted by atomic mass is 10.2. The Bertz CT molecular complexity index is 1050. The highest BCUT2D eigenvalue weighted by Gasteiger charge is 2.13. The molecule has 26 heavy (non-hydrogen) atoms. The summed E-state index contributed by atoms with van der Waals surface area (Å²) in [6, 6.07) is 24.0. The van der Waals surface area contributed by atoms with Gasteiger partial charge in [0.2, 0.25) is 0 Å². The van der Waals surface area contributed by atoms with Gasteiger partial charge in [0.05, 0.1) is 17.6 Å². The van der Waals surface area contributed by atoms with E-state index < -0.39 is 0 Å². The van der Waals surface area contributed by atoms with E-state index in [1.165, 1.54) is 0 Å². The van der Waals surface area contributed by atoms with Crippen LogP contribution < -0.4 is 4.74 Å². The van der Waals surface area contributed by atoms with E-state index in [1.807, 2.05) is 60.7 Å². The third kappa shape index (κ3) is 3.31. The highest BCUT2D eigenvalue weighted by Crippen LogP contribution is 2.27. The summed E-state index contributed by atoms with van der Waals surface area (Å²) in [5.41, 5.74) is 4.21. The SMILES string of the molecule is Cc1ccccc1OCCn1c(-c2cccc(Cl)c2)nc2ccccc21. The normalized spacial score (nSPS) is 11.0. The highest BCUT2D eigenvalue weighted by atomic mass is 35.5. The number of rotatable bonds is 5. The summed E-state index contributed by atoms with van der Waals surface area (Å²) in [6.45, 7) is 3.33. The van der Waals surface area contributed by atoms with Crippen LogP contribution in [-0.2, 0) is 6.54 Å². The number of fused-ring (bicyclic) bond motifs is 1. The predicted octanol–water partition coefficient (Wildman–Crippen LogP) is 5.74. The van der Waals surface area contributed by atoms with Crippen molar-refractivity contribution in [2.45, 2.75) is 13.5 Å². The van der Waals surface area contributed by atoms with Crippen molar-refractivity contribution < 1.29 is 4.74 Å². The Morgan fingerprint density at radius 1 is 0.962 bits per heavy atom. The number of halogens is 1. The quantitative estimate of drug-likeness (QED) is 0.452. The van der Waals surface area contributed by atoms with Crippen LogP contribution in [0.2, 0.25) is 5.02 Å². The Kier molecular flexibility index (Phi) is 4.63. The number of aryl methyl sites for hydroxylation is 1. The zero-order valence-corrected chi connectivity index (χ0v) is 15.3. The molecule has 1 heterocycles. The number of para-hydroxylation sites is 3. The molecule has 0 aliphatic carbocycles. The summed E-state index contributed by atoms with van der Waals surface area (Å²) in [5, 5.41) is 0.706. The maximum absolute atomic E-state index is 6.19. The van der Waals surface area contributed by atoms with E-state index in [9.17, 15) is 0 Å². The smallest absolute Gasteiger partial charge is 0.141 e. The van der Waals surface area contributed by atoms with E-state index in [1.54, 1.807) is 0 Å². The number of benzene rings is 3. The number of ether oxygens (including phenoxy) is 1. The fraction of sp³-hybridized carbons (Fsp3) is 0.136. The Labute approximate surface area is 157 Å². The van der Waals surface area contributed by atoms with Crippen LogP contribution in [0.3, 0.4) is 0 Å². The minimum absolute atomic E-state index is 0.568. The molecule has 4 aromatic rings. The summed E-state index contributed by atoms with van der Waals surface area (Å²) in [4.78, 5) is 4.82. The van der Waals surface area contributed by atoms with Crippen molar-refractivity contribution in [2.75, 3.05) is 6.61 Å². The highest BCUT2D eigenvalue weighted by molar-refractivity contribution is 6.30. The second kappa shape index (κ2) is 7.22. The maximum Gasteiger partial charge on any atom is 0.141 e. The van der Waals surface area contributed by atoms with Crippen LogP contribution in [0, 0.1) is 6.92 Å². The summed E-state index contributed by atoms with van der Waals surface area (Å²) >= 11 is 6.19. The molecule has 0 spiro atoms. The average Bonchev–Trinajstić information content (AvgIpc) is 3.02. The first kappa shape index (κ1) is 16.7. The molecule has 0 aliphatic rings. The molecule has 0 amide bonds. The third-order valence-electron chi connectivity index (χ3n) is 4.40. The lowest BCUT2D eigenvalue weighted by molar-refractivity contribution is 0.299. The van der Waals surface area contributed by atoms with Crippen LogP contribution >= 0.6 is 11.6 Å². The van der Waals surface area contributed by atoms with Crippen molar-refractivity contribution in [3.63, 3.8) is 0 Å². The first-order valence-electron chi connectivity index (χ1n) is 8.62. The molecular formula is C22H19ClN2O. The van der Waals surface area contributed by atoms with Gasteiger partial charge in [-0.2, -0.15) is 0 Å². The number of imidazole rings is 1. The number of hydrogen-bond donors (Lipinski definition) is 0. The van der Waals surface area contributed by atoms with E-state index in [0.29, 0.717) is 18.2 Å². The molecular weight excluding hydrogens is 344 g/mol. The van der Waals surface area contributed by atoms with Crippen LogP contribution in [-0.4, -0.2) is 16.2 Å². The molecule has 0 fully saturated rings. The fourth-order valence-corrected chi connectivity index (χ4v) is 3.31. The average molecular weight is 363 g/mol. The van der Waals surface area contributed by atoms with Gasteiger partial charge in [0.1, 0.15) is 18.2 Å². The number of nitrogens with zero attached hydrogens (tertiary/aromatic N) is 2. The Morgan fingerprint density at radius 3 is 2.62 bits per heavy atom. The van der Waals surface area contributed by atoms with E-state index in [-0.39, 0.29) is 0 Å². The van der Waals surface area contributed by atoms with Gasteiger partial charge >= 0.3 is 0 Å². The molecule has 0 N–H and O–H groups in total. The van der Waals surface area contributed by atoms with Crippen LogP contribution in [0.25, 0.3) is 22.4 Å². The van der Waals surface area contributed by atoms with Crippen LogP contribution in [0.5, 0.6) is 5.75 Å². The molecule has 0 radical (unpaired) electrons. The molecule has 3 nitrogen and oxygen atoms in total. The Balaban J connectivity index is 1.67. The van der Waals surface area contributed by atoms with Gasteiger partial charge in [-0.05, 0) is 42.8 Å². The van der Waals surface area contributed by atoms with Gasteiger partial charge in [-0.3, -0.25) is 0 Å². The summed E-state index contributed by atoms with van der Waals surface area (Å²) in [5.74, 6) is 1.82. The molecule has 3 aromatic carbocycles. The standard InChI is InChI=1S/C22H19ClN2O/c1-16-7-2-5-12-21(16)26-14-13-25-20-11-4-3-10-19(20)24-22(25)17-8-6-9-18(23)15-17/h2-12,15H,13-14H2,1H3. The van der Waals surface area contributed by atoms with Gasteiger partial charge in [0.15, 0.2) is 0 Å². The van der Waals surface area contributed by atoms with Gasteiger partial charge in [0.25, 0.3) is 0 Å². The van der Waals surface area contributed by atoms with Crippen LogP contribution in [0.15, 0.2) is 72.8 Å². The van der Waals surface area contributed by atoms with E-state index in [4.69, 9.17) is 21.3 Å². The third-order valence-corrected chi connectivity index (χ3v) is 4.64. The molecule has 4 rings (SSSR count). The molecule has 0 bridgehead atoms. The Hall–Kier alpha value is -2.78. The van der Waals surface area contributed by atoms with Gasteiger partial charge in [-0.15, -0.1) is 0 Å². The number of hydrogen-bond acceptors (Lipinski definition) is 2. The number of aromatic nitrogens is 2. The molecule has 4 heteroatoms. The lowest BCUT2D eigenvalue weighted by Gasteiger charge is -2.12. The van der Waals surface area contributed by atoms with Crippen molar-refractivity contribution in [3.05, 3.63) is 83.4 Å². The minimum atomic E-state index is 0.568. The summed E-state index contributed by atoms with van der Waals surface area (Å²) in [6.07, 6.45) is 0. The first-order chi connectivity index (χ1) is 12.7. The minimum Gasteiger partial charge on any atom is -0.491 e. The maximum atomic E-state index is 6.19. The van der Waals surface area contributed by atoms with Crippen molar-refractivity contribution in [2.24, 2.45) is 0 Å². The van der Waals surface area contributed by atoms with Gasteiger partial charge in [0, 0.05) is 10.6 Å². The second-order valence-corrected chi connectivity index (χ2v) is 6.64.